The largest absolute Gasteiger partial charge is 0.395 e. The van der Waals surface area contributed by atoms with E-state index < -0.39 is 13.0 Å². The molecule has 4 nitrogen and oxygen atoms in total. The molecule has 1 aliphatic rings. The first-order valence-corrected chi connectivity index (χ1v) is 7.88. The molecule has 1 aliphatic carbocycles. The summed E-state index contributed by atoms with van der Waals surface area (Å²) in [6, 6.07) is 0.303. The Balaban J connectivity index is 2.65. The summed E-state index contributed by atoms with van der Waals surface area (Å²) in [4.78, 5) is 15.7. The Labute approximate surface area is 126 Å². The summed E-state index contributed by atoms with van der Waals surface area (Å²) >= 11 is 0. The molecule has 0 atom stereocenters. The van der Waals surface area contributed by atoms with Gasteiger partial charge in [-0.3, -0.25) is 9.69 Å². The van der Waals surface area contributed by atoms with Crippen molar-refractivity contribution in [3.63, 3.8) is 0 Å². The first kappa shape index (κ1) is 18.3. The van der Waals surface area contributed by atoms with Gasteiger partial charge in [0.2, 0.25) is 5.91 Å². The SMILES string of the molecule is CC(C)N(C(=O)CN(CCO)CC(F)F)C1CCCCC1. The molecule has 0 bridgehead atoms. The average molecular weight is 306 g/mol. The van der Waals surface area contributed by atoms with Gasteiger partial charge in [0.25, 0.3) is 6.43 Å². The van der Waals surface area contributed by atoms with Crippen LogP contribution in [0, 0.1) is 0 Å². The van der Waals surface area contributed by atoms with Gasteiger partial charge < -0.3 is 10.0 Å². The van der Waals surface area contributed by atoms with Crippen molar-refractivity contribution in [2.75, 3.05) is 26.2 Å². The average Bonchev–Trinajstić information content (AvgIpc) is 2.39. The van der Waals surface area contributed by atoms with Crippen LogP contribution >= 0.6 is 0 Å². The van der Waals surface area contributed by atoms with E-state index in [9.17, 15) is 13.6 Å². The van der Waals surface area contributed by atoms with Crippen LogP contribution in [0.25, 0.3) is 0 Å². The monoisotopic (exact) mass is 306 g/mol. The van der Waals surface area contributed by atoms with Crippen LogP contribution in [0.15, 0.2) is 0 Å². The van der Waals surface area contributed by atoms with Crippen molar-refractivity contribution in [1.29, 1.82) is 0 Å². The molecular weight excluding hydrogens is 278 g/mol. The van der Waals surface area contributed by atoms with Crippen LogP contribution in [0.1, 0.15) is 46.0 Å². The fraction of sp³-hybridized carbons (Fsp3) is 0.933. The Morgan fingerprint density at radius 2 is 1.86 bits per heavy atom. The molecule has 1 saturated carbocycles. The molecule has 0 aromatic heterocycles. The molecule has 0 spiro atoms. The normalized spacial score (nSPS) is 17.0. The second kappa shape index (κ2) is 9.30. The number of amides is 1. The van der Waals surface area contributed by atoms with Crippen LogP contribution in [0.3, 0.4) is 0 Å². The van der Waals surface area contributed by atoms with E-state index in [0.29, 0.717) is 0 Å². The van der Waals surface area contributed by atoms with Gasteiger partial charge in [0.05, 0.1) is 19.7 Å². The number of aliphatic hydroxyl groups is 1. The quantitative estimate of drug-likeness (QED) is 0.747. The van der Waals surface area contributed by atoms with Gasteiger partial charge in [0.1, 0.15) is 0 Å². The molecule has 1 rings (SSSR count). The van der Waals surface area contributed by atoms with Crippen molar-refractivity contribution >= 4 is 5.91 Å². The molecule has 0 heterocycles. The first-order valence-electron chi connectivity index (χ1n) is 7.88. The third kappa shape index (κ3) is 6.26. The summed E-state index contributed by atoms with van der Waals surface area (Å²) in [5.74, 6) is -0.106. The number of rotatable bonds is 8. The number of hydrogen-bond acceptors (Lipinski definition) is 3. The molecule has 124 valence electrons. The third-order valence-electron chi connectivity index (χ3n) is 3.98. The van der Waals surface area contributed by atoms with Crippen molar-refractivity contribution in [2.45, 2.75) is 64.5 Å². The zero-order valence-corrected chi connectivity index (χ0v) is 13.1. The Morgan fingerprint density at radius 3 is 2.33 bits per heavy atom. The van der Waals surface area contributed by atoms with Crippen molar-refractivity contribution in [3.05, 3.63) is 0 Å². The molecule has 0 aliphatic heterocycles. The fourth-order valence-corrected chi connectivity index (χ4v) is 3.12. The maximum Gasteiger partial charge on any atom is 0.251 e. The molecule has 0 radical (unpaired) electrons. The van der Waals surface area contributed by atoms with Crippen LogP contribution in [0.5, 0.6) is 0 Å². The van der Waals surface area contributed by atoms with E-state index in [-0.39, 0.29) is 37.7 Å². The number of carbonyl (C=O) groups is 1. The maximum atomic E-state index is 12.5. The van der Waals surface area contributed by atoms with E-state index in [1.807, 2.05) is 18.7 Å². The molecular formula is C15H28F2N2O2. The maximum absolute atomic E-state index is 12.5. The zero-order chi connectivity index (χ0) is 15.8. The van der Waals surface area contributed by atoms with Gasteiger partial charge in [-0.25, -0.2) is 8.78 Å². The molecule has 21 heavy (non-hydrogen) atoms. The van der Waals surface area contributed by atoms with Gasteiger partial charge in [-0.2, -0.15) is 0 Å². The number of nitrogens with zero attached hydrogens (tertiary/aromatic N) is 2. The standard InChI is InChI=1S/C15H28F2N2O2/c1-12(2)19(13-6-4-3-5-7-13)15(21)11-18(8-9-20)10-14(16)17/h12-14,20H,3-11H2,1-2H3. The predicted octanol–water partition coefficient (Wildman–Crippen LogP) is 2.12. The minimum atomic E-state index is -2.49. The van der Waals surface area contributed by atoms with Crippen molar-refractivity contribution in [2.24, 2.45) is 0 Å². The molecule has 1 amide bonds. The van der Waals surface area contributed by atoms with Crippen LogP contribution in [-0.2, 0) is 4.79 Å². The number of carbonyl (C=O) groups excluding carboxylic acids is 1. The van der Waals surface area contributed by atoms with Crippen molar-refractivity contribution in [1.82, 2.24) is 9.80 Å². The molecule has 0 aromatic rings. The topological polar surface area (TPSA) is 43.8 Å². The Hall–Kier alpha value is -0.750. The van der Waals surface area contributed by atoms with E-state index in [1.54, 1.807) is 0 Å². The van der Waals surface area contributed by atoms with Crippen LogP contribution < -0.4 is 0 Å². The summed E-state index contributed by atoms with van der Waals surface area (Å²) in [6.45, 7) is 3.31. The summed E-state index contributed by atoms with van der Waals surface area (Å²) in [5.41, 5.74) is 0. The second-order valence-corrected chi connectivity index (χ2v) is 6.04. The Morgan fingerprint density at radius 1 is 1.24 bits per heavy atom. The van der Waals surface area contributed by atoms with Gasteiger partial charge in [0.15, 0.2) is 0 Å². The van der Waals surface area contributed by atoms with E-state index in [2.05, 4.69) is 0 Å². The predicted molar refractivity (Wildman–Crippen MR) is 78.4 cm³/mol. The molecule has 0 aromatic carbocycles. The lowest BCUT2D eigenvalue weighted by Gasteiger charge is -2.38. The number of hydrogen-bond donors (Lipinski definition) is 1. The summed E-state index contributed by atoms with van der Waals surface area (Å²) in [7, 11) is 0. The zero-order valence-electron chi connectivity index (χ0n) is 13.1. The first-order chi connectivity index (χ1) is 9.95. The second-order valence-electron chi connectivity index (χ2n) is 6.04. The lowest BCUT2D eigenvalue weighted by Crippen LogP contribution is -2.50. The molecule has 0 saturated heterocycles. The fourth-order valence-electron chi connectivity index (χ4n) is 3.12. The lowest BCUT2D eigenvalue weighted by atomic mass is 9.93. The third-order valence-corrected chi connectivity index (χ3v) is 3.98. The molecule has 0 unspecified atom stereocenters. The summed E-state index contributed by atoms with van der Waals surface area (Å²) < 4.78 is 25.0. The van der Waals surface area contributed by atoms with E-state index in [1.165, 1.54) is 11.3 Å². The highest BCUT2D eigenvalue weighted by molar-refractivity contribution is 5.79. The summed E-state index contributed by atoms with van der Waals surface area (Å²) in [5, 5.41) is 8.95. The number of aliphatic hydroxyl groups excluding tert-OH is 1. The van der Waals surface area contributed by atoms with Gasteiger partial charge in [-0.05, 0) is 26.7 Å². The number of halogens is 2. The van der Waals surface area contributed by atoms with Crippen LogP contribution in [-0.4, -0.2) is 65.6 Å². The molecule has 1 N–H and O–H groups in total. The highest BCUT2D eigenvalue weighted by atomic mass is 19.3. The van der Waals surface area contributed by atoms with Crippen LogP contribution in [0.4, 0.5) is 8.78 Å². The van der Waals surface area contributed by atoms with Crippen LogP contribution in [0.2, 0.25) is 0 Å². The van der Waals surface area contributed by atoms with Crippen molar-refractivity contribution < 1.29 is 18.7 Å². The smallest absolute Gasteiger partial charge is 0.251 e. The van der Waals surface area contributed by atoms with E-state index in [4.69, 9.17) is 5.11 Å². The lowest BCUT2D eigenvalue weighted by molar-refractivity contribution is -0.138. The van der Waals surface area contributed by atoms with E-state index >= 15 is 0 Å². The minimum Gasteiger partial charge on any atom is -0.395 e. The molecule has 1 fully saturated rings. The van der Waals surface area contributed by atoms with Gasteiger partial charge >= 0.3 is 0 Å². The highest BCUT2D eigenvalue weighted by Crippen LogP contribution is 2.24. The number of alkyl halides is 2. The Kier molecular flexibility index (Phi) is 8.11. The highest BCUT2D eigenvalue weighted by Gasteiger charge is 2.28. The Bertz CT molecular complexity index is 308. The molecule has 6 heteroatoms. The van der Waals surface area contributed by atoms with Gasteiger partial charge in [-0.1, -0.05) is 19.3 Å². The van der Waals surface area contributed by atoms with Gasteiger partial charge in [0, 0.05) is 18.6 Å². The summed E-state index contributed by atoms with van der Waals surface area (Å²) in [6.07, 6.45) is 2.96. The van der Waals surface area contributed by atoms with Gasteiger partial charge in [-0.15, -0.1) is 0 Å². The van der Waals surface area contributed by atoms with Crippen molar-refractivity contribution in [3.8, 4) is 0 Å². The minimum absolute atomic E-state index is 0.0421. The van der Waals surface area contributed by atoms with E-state index in [0.717, 1.165) is 25.7 Å².